The minimum absolute atomic E-state index is 0.0547. The van der Waals surface area contributed by atoms with Gasteiger partial charge in [-0.05, 0) is 24.1 Å². The van der Waals surface area contributed by atoms with Crippen molar-refractivity contribution in [3.8, 4) is 5.75 Å². The van der Waals surface area contributed by atoms with E-state index in [2.05, 4.69) is 0 Å². The summed E-state index contributed by atoms with van der Waals surface area (Å²) in [7, 11) is 0. The van der Waals surface area contributed by atoms with E-state index in [1.165, 1.54) is 0 Å². The third-order valence-electron chi connectivity index (χ3n) is 2.42. The summed E-state index contributed by atoms with van der Waals surface area (Å²) in [6.45, 7) is 2.41. The van der Waals surface area contributed by atoms with Crippen molar-refractivity contribution in [1.82, 2.24) is 0 Å². The van der Waals surface area contributed by atoms with Gasteiger partial charge in [0.05, 0.1) is 0 Å². The van der Waals surface area contributed by atoms with Crippen molar-refractivity contribution in [2.24, 2.45) is 11.1 Å². The molecule has 1 aromatic rings. The maximum absolute atomic E-state index is 9.26. The number of aliphatic hydroxyl groups is 1. The molecule has 78 valence electrons. The molecule has 0 amide bonds. The molecule has 1 aromatic carbocycles. The maximum atomic E-state index is 9.26. The number of aliphatic hydroxyl groups excluding tert-OH is 1. The molecule has 1 unspecified atom stereocenters. The molecule has 0 spiro atoms. The smallest absolute Gasteiger partial charge is 0.115 e. The van der Waals surface area contributed by atoms with Gasteiger partial charge in [0, 0.05) is 18.6 Å². The predicted molar refractivity (Wildman–Crippen MR) is 56.1 cm³/mol. The number of hydrogen-bond donors (Lipinski definition) is 3. The summed E-state index contributed by atoms with van der Waals surface area (Å²) in [6, 6.07) is 7.04. The van der Waals surface area contributed by atoms with Gasteiger partial charge in [-0.15, -0.1) is 0 Å². The minimum Gasteiger partial charge on any atom is -0.508 e. The molecule has 0 saturated carbocycles. The van der Waals surface area contributed by atoms with Crippen LogP contribution in [0.1, 0.15) is 12.5 Å². The Morgan fingerprint density at radius 3 is 2.64 bits per heavy atom. The molecule has 0 aliphatic rings. The first-order valence-corrected chi connectivity index (χ1v) is 4.68. The Morgan fingerprint density at radius 2 is 2.14 bits per heavy atom. The van der Waals surface area contributed by atoms with Crippen LogP contribution < -0.4 is 5.73 Å². The second kappa shape index (κ2) is 4.44. The Bertz CT molecular complexity index is 295. The molecule has 1 atom stereocenters. The van der Waals surface area contributed by atoms with Crippen LogP contribution in [0.25, 0.3) is 0 Å². The van der Waals surface area contributed by atoms with Gasteiger partial charge in [0.2, 0.25) is 0 Å². The fourth-order valence-corrected chi connectivity index (χ4v) is 1.35. The van der Waals surface area contributed by atoms with Gasteiger partial charge in [0.1, 0.15) is 5.75 Å². The third kappa shape index (κ3) is 2.72. The van der Waals surface area contributed by atoms with Crippen molar-refractivity contribution in [3.05, 3.63) is 29.8 Å². The Labute approximate surface area is 84.2 Å². The maximum Gasteiger partial charge on any atom is 0.115 e. The molecule has 0 aliphatic heterocycles. The van der Waals surface area contributed by atoms with Gasteiger partial charge in [-0.25, -0.2) is 0 Å². The number of rotatable bonds is 4. The highest BCUT2D eigenvalue weighted by Crippen LogP contribution is 2.22. The molecule has 0 heterocycles. The molecule has 0 aliphatic carbocycles. The molecule has 3 heteroatoms. The lowest BCUT2D eigenvalue weighted by Crippen LogP contribution is -2.33. The Balaban J connectivity index is 2.77. The lowest BCUT2D eigenvalue weighted by atomic mass is 9.84. The quantitative estimate of drug-likeness (QED) is 0.668. The molecule has 14 heavy (non-hydrogen) atoms. The summed E-state index contributed by atoms with van der Waals surface area (Å²) >= 11 is 0. The van der Waals surface area contributed by atoms with Crippen molar-refractivity contribution >= 4 is 0 Å². The Morgan fingerprint density at radius 1 is 1.43 bits per heavy atom. The monoisotopic (exact) mass is 195 g/mol. The van der Waals surface area contributed by atoms with Gasteiger partial charge in [-0.1, -0.05) is 19.1 Å². The van der Waals surface area contributed by atoms with E-state index in [0.29, 0.717) is 13.0 Å². The topological polar surface area (TPSA) is 66.5 Å². The van der Waals surface area contributed by atoms with Gasteiger partial charge in [0.15, 0.2) is 0 Å². The molecular weight excluding hydrogens is 178 g/mol. The van der Waals surface area contributed by atoms with E-state index in [-0.39, 0.29) is 17.8 Å². The highest BCUT2D eigenvalue weighted by atomic mass is 16.3. The van der Waals surface area contributed by atoms with Crippen molar-refractivity contribution in [2.75, 3.05) is 13.2 Å². The number of aromatic hydroxyl groups is 1. The molecule has 0 saturated heterocycles. The normalized spacial score (nSPS) is 15.1. The summed E-state index contributed by atoms with van der Waals surface area (Å²) in [5.74, 6) is 0.250. The van der Waals surface area contributed by atoms with E-state index < -0.39 is 0 Å². The lowest BCUT2D eigenvalue weighted by molar-refractivity contribution is 0.149. The fraction of sp³-hybridized carbons (Fsp3) is 0.455. The summed E-state index contributed by atoms with van der Waals surface area (Å²) in [5, 5.41) is 18.4. The molecule has 0 aromatic heterocycles. The van der Waals surface area contributed by atoms with Crippen LogP contribution in [0.2, 0.25) is 0 Å². The second-order valence-electron chi connectivity index (χ2n) is 4.02. The van der Waals surface area contributed by atoms with Crippen molar-refractivity contribution in [3.63, 3.8) is 0 Å². The van der Waals surface area contributed by atoms with Crippen LogP contribution in [-0.4, -0.2) is 23.4 Å². The minimum atomic E-state index is -0.298. The van der Waals surface area contributed by atoms with Crippen LogP contribution in [0, 0.1) is 5.41 Å². The molecule has 0 bridgehead atoms. The molecular formula is C11H17NO2. The molecule has 0 fully saturated rings. The van der Waals surface area contributed by atoms with Crippen LogP contribution >= 0.6 is 0 Å². The standard InChI is InChI=1S/C11H17NO2/c1-11(7-12,8-13)6-9-3-2-4-10(14)5-9/h2-5,13-14H,6-8,12H2,1H3. The first-order chi connectivity index (χ1) is 6.59. The van der Waals surface area contributed by atoms with Gasteiger partial charge >= 0.3 is 0 Å². The van der Waals surface area contributed by atoms with Crippen molar-refractivity contribution < 1.29 is 10.2 Å². The van der Waals surface area contributed by atoms with Gasteiger partial charge in [0.25, 0.3) is 0 Å². The molecule has 0 radical (unpaired) electrons. The molecule has 3 nitrogen and oxygen atoms in total. The van der Waals surface area contributed by atoms with Gasteiger partial charge in [-0.3, -0.25) is 0 Å². The Hall–Kier alpha value is -1.06. The van der Waals surface area contributed by atoms with Gasteiger partial charge < -0.3 is 15.9 Å². The van der Waals surface area contributed by atoms with E-state index >= 15 is 0 Å². The average molecular weight is 195 g/mol. The fourth-order valence-electron chi connectivity index (χ4n) is 1.35. The zero-order chi connectivity index (χ0) is 10.6. The van der Waals surface area contributed by atoms with Crippen LogP contribution in [0.4, 0.5) is 0 Å². The number of phenolic OH excluding ortho intramolecular Hbond substituents is 1. The van der Waals surface area contributed by atoms with Crippen molar-refractivity contribution in [1.29, 1.82) is 0 Å². The molecule has 4 N–H and O–H groups in total. The van der Waals surface area contributed by atoms with Crippen LogP contribution in [0.5, 0.6) is 5.75 Å². The zero-order valence-electron chi connectivity index (χ0n) is 8.40. The van der Waals surface area contributed by atoms with Crippen molar-refractivity contribution in [2.45, 2.75) is 13.3 Å². The number of nitrogens with two attached hydrogens (primary N) is 1. The average Bonchev–Trinajstić information content (AvgIpc) is 2.18. The van der Waals surface area contributed by atoms with E-state index in [0.717, 1.165) is 5.56 Å². The van der Waals surface area contributed by atoms with Gasteiger partial charge in [-0.2, -0.15) is 0 Å². The summed E-state index contributed by atoms with van der Waals surface area (Å²) in [4.78, 5) is 0. The van der Waals surface area contributed by atoms with E-state index in [4.69, 9.17) is 5.73 Å². The third-order valence-corrected chi connectivity index (χ3v) is 2.42. The summed E-state index contributed by atoms with van der Waals surface area (Å²) in [5.41, 5.74) is 6.28. The second-order valence-corrected chi connectivity index (χ2v) is 4.02. The first kappa shape index (κ1) is 11.0. The molecule has 1 rings (SSSR count). The van der Waals surface area contributed by atoms with E-state index in [1.54, 1.807) is 18.2 Å². The SMILES string of the molecule is CC(CN)(CO)Cc1cccc(O)c1. The number of hydrogen-bond acceptors (Lipinski definition) is 3. The zero-order valence-corrected chi connectivity index (χ0v) is 8.40. The number of benzene rings is 1. The highest BCUT2D eigenvalue weighted by molar-refractivity contribution is 5.27. The van der Waals surface area contributed by atoms with E-state index in [1.807, 2.05) is 13.0 Å². The Kier molecular flexibility index (Phi) is 3.49. The lowest BCUT2D eigenvalue weighted by Gasteiger charge is -2.25. The summed E-state index contributed by atoms with van der Waals surface area (Å²) in [6.07, 6.45) is 0.675. The largest absolute Gasteiger partial charge is 0.508 e. The number of phenols is 1. The van der Waals surface area contributed by atoms with Crippen LogP contribution in [0.15, 0.2) is 24.3 Å². The van der Waals surface area contributed by atoms with Crippen LogP contribution in [0.3, 0.4) is 0 Å². The highest BCUT2D eigenvalue weighted by Gasteiger charge is 2.21. The summed E-state index contributed by atoms with van der Waals surface area (Å²) < 4.78 is 0. The van der Waals surface area contributed by atoms with Crippen LogP contribution in [-0.2, 0) is 6.42 Å². The predicted octanol–water partition coefficient (Wildman–Crippen LogP) is 0.892. The first-order valence-electron chi connectivity index (χ1n) is 4.68. The van der Waals surface area contributed by atoms with E-state index in [9.17, 15) is 10.2 Å².